The number of nitrogens with one attached hydrogen (secondary N) is 2. The summed E-state index contributed by atoms with van der Waals surface area (Å²) in [5.74, 6) is 0. The van der Waals surface area contributed by atoms with Crippen molar-refractivity contribution in [2.45, 2.75) is 160 Å². The normalized spacial score (nSPS) is 20.2. The fourth-order valence-corrected chi connectivity index (χ4v) is 10.6. The van der Waals surface area contributed by atoms with Gasteiger partial charge in [0.2, 0.25) is 0 Å². The lowest BCUT2D eigenvalue weighted by molar-refractivity contribution is -0.384. The van der Waals surface area contributed by atoms with Crippen molar-refractivity contribution in [3.05, 3.63) is 67.9 Å². The molecule has 11 nitrogen and oxygen atoms in total. The molecule has 2 fully saturated rings. The highest BCUT2D eigenvalue weighted by atomic mass is 79.9. The number of rotatable bonds is 9. The molecule has 2 aliphatic rings. The number of nitro groups is 1. The fraction of sp³-hybridized carbons (Fsp3) is 0.591. The second-order valence-corrected chi connectivity index (χ2v) is 30.3. The van der Waals surface area contributed by atoms with Crippen molar-refractivity contribution in [1.82, 2.24) is 9.97 Å². The van der Waals surface area contributed by atoms with E-state index in [-0.39, 0.29) is 39.4 Å². The first kappa shape index (κ1) is 49.0. The number of pyridine rings is 2. The number of nitrogens with two attached hydrogens (primary N) is 1. The lowest BCUT2D eigenvalue weighted by atomic mass is 9.93. The van der Waals surface area contributed by atoms with Crippen LogP contribution in [0.4, 0.5) is 22.7 Å². The van der Waals surface area contributed by atoms with Crippen LogP contribution in [0.1, 0.15) is 99.8 Å². The molecule has 2 heterocycles. The van der Waals surface area contributed by atoms with Gasteiger partial charge < -0.3 is 30.3 Å². The first-order chi connectivity index (χ1) is 27.5. The van der Waals surface area contributed by atoms with Gasteiger partial charge in [-0.15, -0.1) is 0 Å². The second kappa shape index (κ2) is 20.5. The highest BCUT2D eigenvalue weighted by Crippen LogP contribution is 2.42. The summed E-state index contributed by atoms with van der Waals surface area (Å²) in [5, 5.41) is 28.6. The Kier molecular flexibility index (Phi) is 17.0. The molecule has 2 saturated carbocycles. The van der Waals surface area contributed by atoms with E-state index in [9.17, 15) is 10.1 Å². The number of nitrogens with zero attached hydrogens (tertiary/aromatic N) is 3. The van der Waals surface area contributed by atoms with Gasteiger partial charge in [-0.2, -0.15) is 0 Å². The Balaban J connectivity index is 0.000000245. The molecule has 2 aromatic heterocycles. The molecule has 6 rings (SSSR count). The minimum Gasteiger partial charge on any atom is -0.414 e. The minimum absolute atomic E-state index is 0.0234. The van der Waals surface area contributed by atoms with Crippen molar-refractivity contribution in [1.29, 1.82) is 0 Å². The number of benzene rings is 2. The Morgan fingerprint density at radius 2 is 1.12 bits per heavy atom. The van der Waals surface area contributed by atoms with Crippen molar-refractivity contribution in [2.24, 2.45) is 0 Å². The zero-order chi connectivity index (χ0) is 43.9. The number of aliphatic hydroxyl groups is 1. The first-order valence-electron chi connectivity index (χ1n) is 21.0. The van der Waals surface area contributed by atoms with Crippen LogP contribution in [-0.4, -0.2) is 67.5 Å². The Hall–Kier alpha value is -2.67. The number of hydrogen-bond acceptors (Lipinski definition) is 10. The van der Waals surface area contributed by atoms with Gasteiger partial charge >= 0.3 is 5.69 Å². The van der Waals surface area contributed by atoms with E-state index in [0.29, 0.717) is 23.5 Å². The number of nitrogen functional groups attached to an aromatic ring is 1. The second-order valence-electron chi connectivity index (χ2n) is 19.0. The van der Waals surface area contributed by atoms with E-state index in [2.05, 4.69) is 126 Å². The van der Waals surface area contributed by atoms with Gasteiger partial charge in [0, 0.05) is 50.6 Å². The van der Waals surface area contributed by atoms with Crippen molar-refractivity contribution in [3.63, 3.8) is 0 Å². The summed E-state index contributed by atoms with van der Waals surface area (Å²) < 4.78 is 15.1. The standard InChI is InChI=1S/C21H30BrN3O3Si.C21H32BrN3OSi.C2H6O/c1-21(2,3)29(4,5)28-16-9-7-15(8-10-16)24-20-17-12-14(22)6-11-18(17)23-13-19(20)25(26)27;1-21(2,3)27(4,5)26-16-9-7-15(8-10-16)25-20-17-12-14(22)6-11-19(17)24-13-18(20)23;1-2-3/h6,11-13,15-16H,7-10H2,1-5H3,(H,23,24);6,11-13,15-16H,7-10,23H2,1-5H3,(H,24,25);3H,2H2,1H3. The number of aliphatic hydroxyl groups excluding tert-OH is 1. The average Bonchev–Trinajstić information content (AvgIpc) is 3.14. The lowest BCUT2D eigenvalue weighted by Gasteiger charge is -2.41. The van der Waals surface area contributed by atoms with Gasteiger partial charge in [0.25, 0.3) is 0 Å². The molecule has 0 unspecified atom stereocenters. The van der Waals surface area contributed by atoms with Gasteiger partial charge in [-0.05, 0) is 131 Å². The van der Waals surface area contributed by atoms with Gasteiger partial charge in [0.05, 0.1) is 33.5 Å². The van der Waals surface area contributed by atoms with Crippen LogP contribution in [0.25, 0.3) is 21.8 Å². The van der Waals surface area contributed by atoms with E-state index in [4.69, 9.17) is 19.7 Å². The van der Waals surface area contributed by atoms with E-state index >= 15 is 0 Å². The Labute approximate surface area is 371 Å². The van der Waals surface area contributed by atoms with Crippen molar-refractivity contribution >= 4 is 93.1 Å². The largest absolute Gasteiger partial charge is 0.414 e. The van der Waals surface area contributed by atoms with Crippen LogP contribution >= 0.6 is 31.9 Å². The predicted molar refractivity (Wildman–Crippen MR) is 259 cm³/mol. The van der Waals surface area contributed by atoms with Gasteiger partial charge in [-0.25, -0.2) is 4.98 Å². The van der Waals surface area contributed by atoms with Gasteiger partial charge in [-0.1, -0.05) is 73.4 Å². The van der Waals surface area contributed by atoms with E-state index in [1.54, 1.807) is 13.1 Å². The van der Waals surface area contributed by atoms with Crippen molar-refractivity contribution in [2.75, 3.05) is 23.0 Å². The number of aromatic nitrogens is 2. The molecule has 59 heavy (non-hydrogen) atoms. The molecule has 5 N–H and O–H groups in total. The maximum Gasteiger partial charge on any atom is 0.311 e. The van der Waals surface area contributed by atoms with Gasteiger partial charge in [0.1, 0.15) is 11.9 Å². The van der Waals surface area contributed by atoms with Gasteiger partial charge in [0.15, 0.2) is 16.6 Å². The van der Waals surface area contributed by atoms with E-state index in [1.807, 2.05) is 30.3 Å². The van der Waals surface area contributed by atoms with Crippen LogP contribution < -0.4 is 16.4 Å². The third kappa shape index (κ3) is 13.2. The number of anilines is 3. The lowest BCUT2D eigenvalue weighted by Crippen LogP contribution is -2.45. The van der Waals surface area contributed by atoms with E-state index in [0.717, 1.165) is 87.8 Å². The zero-order valence-corrected chi connectivity index (χ0v) is 42.2. The molecule has 2 aliphatic carbocycles. The number of fused-ring (bicyclic) bond motifs is 2. The average molecular weight is 977 g/mol. The molecular weight excluding hydrogens is 909 g/mol. The fourth-order valence-electron chi connectivity index (χ4n) is 7.03. The molecule has 0 spiro atoms. The molecule has 2 aromatic carbocycles. The van der Waals surface area contributed by atoms with E-state index < -0.39 is 16.6 Å². The summed E-state index contributed by atoms with van der Waals surface area (Å²) in [4.78, 5) is 19.9. The monoisotopic (exact) mass is 974 g/mol. The molecule has 4 aromatic rings. The summed E-state index contributed by atoms with van der Waals surface area (Å²) >= 11 is 7.03. The highest BCUT2D eigenvalue weighted by Gasteiger charge is 2.41. The highest BCUT2D eigenvalue weighted by molar-refractivity contribution is 9.10. The molecular formula is C44H68Br2N6O5Si2. The molecule has 15 heteroatoms. The third-order valence-electron chi connectivity index (χ3n) is 12.4. The van der Waals surface area contributed by atoms with Crippen molar-refractivity contribution < 1.29 is 18.9 Å². The molecule has 0 atom stereocenters. The number of hydrogen-bond donors (Lipinski definition) is 4. The summed E-state index contributed by atoms with van der Waals surface area (Å²) in [6.07, 6.45) is 12.0. The summed E-state index contributed by atoms with van der Waals surface area (Å²) in [7, 11) is -3.47. The van der Waals surface area contributed by atoms with Crippen molar-refractivity contribution in [3.8, 4) is 0 Å². The maximum absolute atomic E-state index is 11.6. The van der Waals surface area contributed by atoms with Crippen LogP contribution in [0.2, 0.25) is 36.3 Å². The van der Waals surface area contributed by atoms with Crippen LogP contribution in [0, 0.1) is 10.1 Å². The predicted octanol–water partition coefficient (Wildman–Crippen LogP) is 13.0. The van der Waals surface area contributed by atoms with E-state index in [1.165, 1.54) is 6.20 Å². The SMILES string of the molecule is CC(C)(C)[Si](C)(C)OC1CCC(Nc2c(N)cnc3ccc(Br)cc23)CC1.CC(C)(C)[Si](C)(C)OC1CCC(Nc2c([N+](=O)[O-])cnc3ccc(Br)cc23)CC1.CCO. The topological polar surface area (TPSA) is 158 Å². The molecule has 0 saturated heterocycles. The molecule has 0 bridgehead atoms. The zero-order valence-electron chi connectivity index (χ0n) is 37.0. The Bertz CT molecular complexity index is 2020. The quantitative estimate of drug-likeness (QED) is 0.0723. The summed E-state index contributed by atoms with van der Waals surface area (Å²) in [6.45, 7) is 24.9. The molecule has 0 aliphatic heterocycles. The van der Waals surface area contributed by atoms with Gasteiger partial charge in [-0.3, -0.25) is 15.1 Å². The maximum atomic E-state index is 11.6. The van der Waals surface area contributed by atoms with Crippen LogP contribution in [-0.2, 0) is 8.85 Å². The summed E-state index contributed by atoms with van der Waals surface area (Å²) in [6, 6.07) is 12.4. The summed E-state index contributed by atoms with van der Waals surface area (Å²) in [5.41, 5.74) is 10.3. The van der Waals surface area contributed by atoms with Crippen LogP contribution in [0.3, 0.4) is 0 Å². The minimum atomic E-state index is -1.78. The van der Waals surface area contributed by atoms with Crippen LogP contribution in [0.15, 0.2) is 57.7 Å². The number of halogens is 2. The van der Waals surface area contributed by atoms with Crippen LogP contribution in [0.5, 0.6) is 0 Å². The molecule has 326 valence electrons. The first-order valence-corrected chi connectivity index (χ1v) is 28.4. The third-order valence-corrected chi connectivity index (χ3v) is 22.5. The smallest absolute Gasteiger partial charge is 0.311 e. The Morgan fingerprint density at radius 3 is 1.51 bits per heavy atom. The Morgan fingerprint density at radius 1 is 0.746 bits per heavy atom. The molecule has 0 amide bonds. The molecule has 0 radical (unpaired) electrons.